The van der Waals surface area contributed by atoms with E-state index in [1.54, 1.807) is 17.5 Å². The Hall–Kier alpha value is -1.87. The molecular formula is C18H22IN5S. The predicted molar refractivity (Wildman–Crippen MR) is 115 cm³/mol. The number of hydrogen-bond acceptors (Lipinski definition) is 3. The molecular weight excluding hydrogens is 445 g/mol. The Morgan fingerprint density at radius 2 is 2.08 bits per heavy atom. The van der Waals surface area contributed by atoms with Gasteiger partial charge in [-0.05, 0) is 30.0 Å². The predicted octanol–water partition coefficient (Wildman–Crippen LogP) is 3.81. The third-order valence-electron chi connectivity index (χ3n) is 3.54. The van der Waals surface area contributed by atoms with Crippen LogP contribution in [0, 0.1) is 0 Å². The molecule has 25 heavy (non-hydrogen) atoms. The van der Waals surface area contributed by atoms with Crippen molar-refractivity contribution in [2.24, 2.45) is 4.99 Å². The zero-order valence-electron chi connectivity index (χ0n) is 14.1. The molecule has 3 rings (SSSR count). The molecule has 3 aromatic rings. The number of guanidine groups is 1. The van der Waals surface area contributed by atoms with Crippen molar-refractivity contribution in [3.8, 4) is 5.69 Å². The van der Waals surface area contributed by atoms with Crippen LogP contribution >= 0.6 is 35.3 Å². The van der Waals surface area contributed by atoms with E-state index in [4.69, 9.17) is 4.99 Å². The van der Waals surface area contributed by atoms with Crippen LogP contribution in [0.4, 0.5) is 0 Å². The Balaban J connectivity index is 0.00000225. The molecule has 0 unspecified atom stereocenters. The number of hydrogen-bond donors (Lipinski definition) is 2. The van der Waals surface area contributed by atoms with Gasteiger partial charge >= 0.3 is 0 Å². The molecule has 0 bridgehead atoms. The molecule has 0 spiro atoms. The molecule has 0 fully saturated rings. The van der Waals surface area contributed by atoms with Crippen LogP contribution < -0.4 is 10.6 Å². The van der Waals surface area contributed by atoms with Crippen LogP contribution in [0.15, 0.2) is 65.5 Å². The van der Waals surface area contributed by atoms with E-state index in [0.717, 1.165) is 30.3 Å². The van der Waals surface area contributed by atoms with Gasteiger partial charge in [0.15, 0.2) is 5.96 Å². The second-order valence-electron chi connectivity index (χ2n) is 5.23. The second kappa shape index (κ2) is 10.2. The Morgan fingerprint density at radius 3 is 2.80 bits per heavy atom. The largest absolute Gasteiger partial charge is 0.357 e. The van der Waals surface area contributed by atoms with Crippen molar-refractivity contribution < 1.29 is 0 Å². The molecule has 1 aromatic carbocycles. The zero-order chi connectivity index (χ0) is 16.6. The first-order valence-corrected chi connectivity index (χ1v) is 8.85. The highest BCUT2D eigenvalue weighted by atomic mass is 127. The smallest absolute Gasteiger partial charge is 0.191 e. The van der Waals surface area contributed by atoms with Gasteiger partial charge in [-0.1, -0.05) is 24.3 Å². The van der Waals surface area contributed by atoms with E-state index in [1.165, 1.54) is 4.88 Å². The summed E-state index contributed by atoms with van der Waals surface area (Å²) in [5.74, 6) is 0.825. The minimum absolute atomic E-state index is 0. The number of halogens is 1. The second-order valence-corrected chi connectivity index (χ2v) is 6.26. The van der Waals surface area contributed by atoms with Gasteiger partial charge < -0.3 is 15.2 Å². The minimum atomic E-state index is 0. The van der Waals surface area contributed by atoms with Gasteiger partial charge in [0.1, 0.15) is 0 Å². The van der Waals surface area contributed by atoms with Gasteiger partial charge in [0, 0.05) is 23.8 Å². The maximum Gasteiger partial charge on any atom is 0.191 e. The van der Waals surface area contributed by atoms with E-state index in [9.17, 15) is 0 Å². The highest BCUT2D eigenvalue weighted by Crippen LogP contribution is 2.15. The molecule has 7 heteroatoms. The third-order valence-corrected chi connectivity index (χ3v) is 4.41. The van der Waals surface area contributed by atoms with Crippen molar-refractivity contribution in [3.63, 3.8) is 0 Å². The number of aliphatic imine (C=N–C) groups is 1. The van der Waals surface area contributed by atoms with Crippen LogP contribution in [-0.2, 0) is 13.1 Å². The SMILES string of the molecule is CCNC(=NCc1ccccc1-n1ccnc1)NCc1cccs1.I. The van der Waals surface area contributed by atoms with Gasteiger partial charge in [-0.15, -0.1) is 35.3 Å². The number of rotatable bonds is 6. The number of imidazole rings is 1. The molecule has 0 amide bonds. The zero-order valence-corrected chi connectivity index (χ0v) is 17.2. The maximum absolute atomic E-state index is 4.72. The van der Waals surface area contributed by atoms with Crippen LogP contribution in [0.25, 0.3) is 5.69 Å². The monoisotopic (exact) mass is 467 g/mol. The lowest BCUT2D eigenvalue weighted by molar-refractivity contribution is 0.822. The third kappa shape index (κ3) is 5.57. The van der Waals surface area contributed by atoms with E-state index >= 15 is 0 Å². The maximum atomic E-state index is 4.72. The van der Waals surface area contributed by atoms with Crippen molar-refractivity contribution >= 4 is 41.3 Å². The summed E-state index contributed by atoms with van der Waals surface area (Å²) in [7, 11) is 0. The lowest BCUT2D eigenvalue weighted by Crippen LogP contribution is -2.36. The summed E-state index contributed by atoms with van der Waals surface area (Å²) < 4.78 is 2.01. The molecule has 0 saturated heterocycles. The first-order valence-electron chi connectivity index (χ1n) is 7.97. The first-order chi connectivity index (χ1) is 11.9. The molecule has 0 aliphatic heterocycles. The number of aromatic nitrogens is 2. The highest BCUT2D eigenvalue weighted by Gasteiger charge is 2.04. The van der Waals surface area contributed by atoms with Gasteiger partial charge in [-0.3, -0.25) is 0 Å². The number of para-hydroxylation sites is 1. The average Bonchev–Trinajstić information content (AvgIpc) is 3.31. The first kappa shape index (κ1) is 19.5. The molecule has 5 nitrogen and oxygen atoms in total. The van der Waals surface area contributed by atoms with Crippen LogP contribution in [0.5, 0.6) is 0 Å². The molecule has 0 aliphatic rings. The van der Waals surface area contributed by atoms with Gasteiger partial charge in [0.05, 0.1) is 25.1 Å². The van der Waals surface area contributed by atoms with E-state index < -0.39 is 0 Å². The molecule has 0 atom stereocenters. The fourth-order valence-corrected chi connectivity index (χ4v) is 3.03. The Kier molecular flexibility index (Phi) is 7.93. The number of nitrogens with one attached hydrogen (secondary N) is 2. The summed E-state index contributed by atoms with van der Waals surface area (Å²) in [4.78, 5) is 10.1. The van der Waals surface area contributed by atoms with E-state index in [2.05, 4.69) is 52.2 Å². The summed E-state index contributed by atoms with van der Waals surface area (Å²) >= 11 is 1.74. The lowest BCUT2D eigenvalue weighted by atomic mass is 10.2. The Bertz CT molecular complexity index is 769. The van der Waals surface area contributed by atoms with Crippen LogP contribution in [0.1, 0.15) is 17.4 Å². The van der Waals surface area contributed by atoms with Crippen LogP contribution in [-0.4, -0.2) is 22.1 Å². The lowest BCUT2D eigenvalue weighted by Gasteiger charge is -2.12. The van der Waals surface area contributed by atoms with Crippen LogP contribution in [0.3, 0.4) is 0 Å². The summed E-state index contributed by atoms with van der Waals surface area (Å²) in [5, 5.41) is 8.76. The molecule has 0 saturated carbocycles. The molecule has 2 aromatic heterocycles. The fraction of sp³-hybridized carbons (Fsp3) is 0.222. The molecule has 0 radical (unpaired) electrons. The van der Waals surface area contributed by atoms with Crippen molar-refractivity contribution in [3.05, 3.63) is 70.9 Å². The van der Waals surface area contributed by atoms with Crippen molar-refractivity contribution in [1.29, 1.82) is 0 Å². The minimum Gasteiger partial charge on any atom is -0.357 e. The number of nitrogens with zero attached hydrogens (tertiary/aromatic N) is 3. The Morgan fingerprint density at radius 1 is 1.20 bits per heavy atom. The van der Waals surface area contributed by atoms with Gasteiger partial charge in [-0.2, -0.15) is 0 Å². The standard InChI is InChI=1S/C18H21N5S.HI/c1-2-20-18(22-13-16-7-5-11-24-16)21-12-15-6-3-4-8-17(15)23-10-9-19-14-23;/h3-11,14H,2,12-13H2,1H3,(H2,20,21,22);1H. The fourth-order valence-electron chi connectivity index (χ4n) is 2.39. The summed E-state index contributed by atoms with van der Waals surface area (Å²) in [6, 6.07) is 12.4. The van der Waals surface area contributed by atoms with Crippen molar-refractivity contribution in [1.82, 2.24) is 20.2 Å². The van der Waals surface area contributed by atoms with Crippen LogP contribution in [0.2, 0.25) is 0 Å². The Labute approximate surface area is 169 Å². The summed E-state index contributed by atoms with van der Waals surface area (Å²) in [6.45, 7) is 4.29. The van der Waals surface area contributed by atoms with E-state index in [-0.39, 0.29) is 24.0 Å². The molecule has 2 N–H and O–H groups in total. The van der Waals surface area contributed by atoms with Gasteiger partial charge in [0.2, 0.25) is 0 Å². The van der Waals surface area contributed by atoms with Crippen molar-refractivity contribution in [2.45, 2.75) is 20.0 Å². The molecule has 132 valence electrons. The highest BCUT2D eigenvalue weighted by molar-refractivity contribution is 14.0. The number of thiophene rings is 1. The molecule has 0 aliphatic carbocycles. The topological polar surface area (TPSA) is 54.2 Å². The van der Waals surface area contributed by atoms with Gasteiger partial charge in [-0.25, -0.2) is 9.98 Å². The van der Waals surface area contributed by atoms with E-state index in [1.807, 2.05) is 29.2 Å². The number of benzene rings is 1. The average molecular weight is 467 g/mol. The summed E-state index contributed by atoms with van der Waals surface area (Å²) in [5.41, 5.74) is 2.26. The quantitative estimate of drug-likeness (QED) is 0.330. The van der Waals surface area contributed by atoms with Gasteiger partial charge in [0.25, 0.3) is 0 Å². The van der Waals surface area contributed by atoms with E-state index in [0.29, 0.717) is 6.54 Å². The molecule has 2 heterocycles. The summed E-state index contributed by atoms with van der Waals surface area (Å²) in [6.07, 6.45) is 5.54. The normalized spacial score (nSPS) is 11.0. The van der Waals surface area contributed by atoms with Crippen molar-refractivity contribution in [2.75, 3.05) is 6.54 Å².